The van der Waals surface area contributed by atoms with Crippen LogP contribution in [0, 0.1) is 11.3 Å². The van der Waals surface area contributed by atoms with E-state index in [0.29, 0.717) is 23.6 Å². The summed E-state index contributed by atoms with van der Waals surface area (Å²) >= 11 is 0. The van der Waals surface area contributed by atoms with Gasteiger partial charge in [-0.2, -0.15) is 5.26 Å². The van der Waals surface area contributed by atoms with Gasteiger partial charge in [0.2, 0.25) is 0 Å². The van der Waals surface area contributed by atoms with Crippen LogP contribution in [-0.4, -0.2) is 23.2 Å². The van der Waals surface area contributed by atoms with Gasteiger partial charge >= 0.3 is 0 Å². The lowest BCUT2D eigenvalue weighted by Gasteiger charge is -2.08. The topological polar surface area (TPSA) is 99.9 Å². The summed E-state index contributed by atoms with van der Waals surface area (Å²) in [4.78, 5) is 12.2. The van der Waals surface area contributed by atoms with Gasteiger partial charge in [0.25, 0.3) is 5.91 Å². The minimum atomic E-state index is -0.317. The van der Waals surface area contributed by atoms with Crippen LogP contribution in [0.2, 0.25) is 0 Å². The summed E-state index contributed by atoms with van der Waals surface area (Å²) in [6.07, 6.45) is 0. The van der Waals surface area contributed by atoms with Crippen molar-refractivity contribution in [2.24, 2.45) is 0 Å². The molecule has 2 N–H and O–H groups in total. The third-order valence-electron chi connectivity index (χ3n) is 3.82. The summed E-state index contributed by atoms with van der Waals surface area (Å²) in [6.45, 7) is 0.375. The molecule has 0 aliphatic carbocycles. The lowest BCUT2D eigenvalue weighted by atomic mass is 10.2. The van der Waals surface area contributed by atoms with Crippen molar-refractivity contribution in [3.8, 4) is 11.8 Å². The monoisotopic (exact) mass is 359 g/mol. The Labute approximate surface area is 156 Å². The van der Waals surface area contributed by atoms with Crippen LogP contribution in [0.4, 0.5) is 11.5 Å². The molecule has 1 heterocycles. The van der Waals surface area contributed by atoms with Gasteiger partial charge in [-0.05, 0) is 42.0 Å². The second kappa shape index (κ2) is 8.45. The van der Waals surface area contributed by atoms with Crippen molar-refractivity contribution in [2.45, 2.75) is 6.54 Å². The Morgan fingerprint density at radius 2 is 1.85 bits per heavy atom. The number of carbonyl (C=O) groups excluding carboxylic acids is 1. The minimum absolute atomic E-state index is 0.211. The number of amides is 1. The zero-order valence-electron chi connectivity index (χ0n) is 14.6. The number of rotatable bonds is 6. The predicted molar refractivity (Wildman–Crippen MR) is 101 cm³/mol. The molecule has 3 aromatic rings. The number of nitrogens with zero attached hydrogens (tertiary/aromatic N) is 3. The first kappa shape index (κ1) is 17.9. The second-order valence-electron chi connectivity index (χ2n) is 5.62. The maximum atomic E-state index is 12.2. The second-order valence-corrected chi connectivity index (χ2v) is 5.62. The molecule has 0 atom stereocenters. The fourth-order valence-corrected chi connectivity index (χ4v) is 2.36. The molecule has 0 spiro atoms. The molecule has 0 radical (unpaired) electrons. The first-order valence-corrected chi connectivity index (χ1v) is 8.20. The van der Waals surface area contributed by atoms with Crippen molar-refractivity contribution < 1.29 is 9.53 Å². The van der Waals surface area contributed by atoms with E-state index in [-0.39, 0.29) is 11.6 Å². The molecule has 7 heteroatoms. The highest BCUT2D eigenvalue weighted by Crippen LogP contribution is 2.18. The van der Waals surface area contributed by atoms with Crippen molar-refractivity contribution in [1.29, 1.82) is 5.26 Å². The van der Waals surface area contributed by atoms with Gasteiger partial charge in [-0.3, -0.25) is 4.79 Å². The van der Waals surface area contributed by atoms with E-state index >= 15 is 0 Å². The van der Waals surface area contributed by atoms with Crippen LogP contribution in [0.25, 0.3) is 0 Å². The van der Waals surface area contributed by atoms with Crippen molar-refractivity contribution >= 4 is 17.4 Å². The van der Waals surface area contributed by atoms with E-state index in [0.717, 1.165) is 11.3 Å². The predicted octanol–water partition coefficient (Wildman–Crippen LogP) is 3.03. The number of carbonyl (C=O) groups is 1. The number of benzene rings is 2. The van der Waals surface area contributed by atoms with Crippen LogP contribution < -0.4 is 15.4 Å². The standard InChI is InChI=1S/C20H17N5O2/c1-27-16-8-6-14(7-9-16)13-22-20(26)18-10-11-19(25-24-18)23-17-5-3-2-4-15(17)12-21/h2-11H,13H2,1H3,(H,22,26)(H,23,25). The fraction of sp³-hybridized carbons (Fsp3) is 0.100. The number of aromatic nitrogens is 2. The van der Waals surface area contributed by atoms with Gasteiger partial charge in [-0.15, -0.1) is 10.2 Å². The van der Waals surface area contributed by atoms with Crippen molar-refractivity contribution in [3.63, 3.8) is 0 Å². The fourth-order valence-electron chi connectivity index (χ4n) is 2.36. The van der Waals surface area contributed by atoms with Gasteiger partial charge in [0.05, 0.1) is 18.4 Å². The Bertz CT molecular complexity index is 963. The molecule has 0 fully saturated rings. The molecule has 0 saturated carbocycles. The molecule has 0 bridgehead atoms. The normalized spacial score (nSPS) is 9.93. The molecule has 0 unspecified atom stereocenters. The molecule has 2 aromatic carbocycles. The van der Waals surface area contributed by atoms with E-state index in [4.69, 9.17) is 10.00 Å². The summed E-state index contributed by atoms with van der Waals surface area (Å²) in [5.41, 5.74) is 2.29. The SMILES string of the molecule is COc1ccc(CNC(=O)c2ccc(Nc3ccccc3C#N)nn2)cc1. The average molecular weight is 359 g/mol. The first-order valence-electron chi connectivity index (χ1n) is 8.20. The number of nitrogens with one attached hydrogen (secondary N) is 2. The van der Waals surface area contributed by atoms with Crippen LogP contribution in [0.1, 0.15) is 21.6 Å². The van der Waals surface area contributed by atoms with Crippen molar-refractivity contribution in [3.05, 3.63) is 77.5 Å². The highest BCUT2D eigenvalue weighted by molar-refractivity contribution is 5.92. The van der Waals surface area contributed by atoms with E-state index in [1.165, 1.54) is 0 Å². The average Bonchev–Trinajstić information content (AvgIpc) is 2.73. The Hall–Kier alpha value is -3.92. The lowest BCUT2D eigenvalue weighted by Crippen LogP contribution is -2.24. The number of hydrogen-bond donors (Lipinski definition) is 2. The van der Waals surface area contributed by atoms with Crippen LogP contribution >= 0.6 is 0 Å². The molecular formula is C20H17N5O2. The summed E-state index contributed by atoms with van der Waals surface area (Å²) in [5, 5.41) is 22.9. The highest BCUT2D eigenvalue weighted by Gasteiger charge is 2.09. The third kappa shape index (κ3) is 4.58. The molecule has 0 aliphatic heterocycles. The molecule has 7 nitrogen and oxygen atoms in total. The van der Waals surface area contributed by atoms with Crippen LogP contribution in [0.15, 0.2) is 60.7 Å². The lowest BCUT2D eigenvalue weighted by molar-refractivity contribution is 0.0945. The van der Waals surface area contributed by atoms with Gasteiger partial charge in [-0.25, -0.2) is 0 Å². The molecule has 1 amide bonds. The molecular weight excluding hydrogens is 342 g/mol. The summed E-state index contributed by atoms with van der Waals surface area (Å²) in [5.74, 6) is 0.892. The number of ether oxygens (including phenoxy) is 1. The van der Waals surface area contributed by atoms with E-state index in [1.54, 1.807) is 37.4 Å². The van der Waals surface area contributed by atoms with Gasteiger partial charge in [0.1, 0.15) is 11.8 Å². The van der Waals surface area contributed by atoms with E-state index in [2.05, 4.69) is 26.9 Å². The highest BCUT2D eigenvalue weighted by atomic mass is 16.5. The van der Waals surface area contributed by atoms with E-state index in [9.17, 15) is 4.79 Å². The Kier molecular flexibility index (Phi) is 5.60. The number of nitriles is 1. The van der Waals surface area contributed by atoms with Crippen LogP contribution in [0.5, 0.6) is 5.75 Å². The largest absolute Gasteiger partial charge is 0.497 e. The summed E-state index contributed by atoms with van der Waals surface area (Å²) < 4.78 is 5.10. The molecule has 0 saturated heterocycles. The van der Waals surface area contributed by atoms with Gasteiger partial charge in [-0.1, -0.05) is 24.3 Å². The molecule has 1 aromatic heterocycles. The number of hydrogen-bond acceptors (Lipinski definition) is 6. The molecule has 3 rings (SSSR count). The number of anilines is 2. The van der Waals surface area contributed by atoms with Crippen LogP contribution in [0.3, 0.4) is 0 Å². The number of para-hydroxylation sites is 1. The van der Waals surface area contributed by atoms with Crippen molar-refractivity contribution in [2.75, 3.05) is 12.4 Å². The Morgan fingerprint density at radius 1 is 1.07 bits per heavy atom. The zero-order valence-corrected chi connectivity index (χ0v) is 14.6. The molecule has 134 valence electrons. The van der Waals surface area contributed by atoms with Gasteiger partial charge in [0, 0.05) is 6.54 Å². The molecule has 0 aliphatic rings. The number of methoxy groups -OCH3 is 1. The smallest absolute Gasteiger partial charge is 0.272 e. The zero-order chi connectivity index (χ0) is 19.1. The summed E-state index contributed by atoms with van der Waals surface area (Å²) in [6, 6.07) is 19.8. The summed E-state index contributed by atoms with van der Waals surface area (Å²) in [7, 11) is 1.60. The Morgan fingerprint density at radius 3 is 2.52 bits per heavy atom. The van der Waals surface area contributed by atoms with Crippen LogP contribution in [-0.2, 0) is 6.54 Å². The van der Waals surface area contributed by atoms with E-state index in [1.807, 2.05) is 30.3 Å². The van der Waals surface area contributed by atoms with Gasteiger partial charge < -0.3 is 15.4 Å². The molecule has 27 heavy (non-hydrogen) atoms. The quantitative estimate of drug-likeness (QED) is 0.702. The van der Waals surface area contributed by atoms with E-state index < -0.39 is 0 Å². The first-order chi connectivity index (χ1) is 13.2. The Balaban J connectivity index is 1.60. The maximum Gasteiger partial charge on any atom is 0.272 e. The van der Waals surface area contributed by atoms with Crippen molar-refractivity contribution in [1.82, 2.24) is 15.5 Å². The van der Waals surface area contributed by atoms with Gasteiger partial charge in [0.15, 0.2) is 11.5 Å². The minimum Gasteiger partial charge on any atom is -0.497 e. The third-order valence-corrected chi connectivity index (χ3v) is 3.82. The maximum absolute atomic E-state index is 12.2.